The second-order valence-corrected chi connectivity index (χ2v) is 3.80. The number of rotatable bonds is 4. The summed E-state index contributed by atoms with van der Waals surface area (Å²) in [6.45, 7) is 2.42. The average molecular weight is 242 g/mol. The Kier molecular flexibility index (Phi) is 3.57. The molecule has 0 saturated carbocycles. The van der Waals surface area contributed by atoms with Crippen LogP contribution in [0.25, 0.3) is 0 Å². The van der Waals surface area contributed by atoms with Crippen molar-refractivity contribution in [3.63, 3.8) is 0 Å². The second kappa shape index (κ2) is 5.31. The second-order valence-electron chi connectivity index (χ2n) is 3.80. The Morgan fingerprint density at radius 2 is 2.11 bits per heavy atom. The Morgan fingerprint density at radius 1 is 1.28 bits per heavy atom. The molecule has 0 spiro atoms. The van der Waals surface area contributed by atoms with E-state index in [1.54, 1.807) is 36.5 Å². The summed E-state index contributed by atoms with van der Waals surface area (Å²) in [6, 6.07) is 8.55. The number of nitrogen functional groups attached to an aromatic ring is 1. The zero-order valence-corrected chi connectivity index (χ0v) is 10.1. The fraction of sp³-hybridized carbons (Fsp3) is 0.143. The van der Waals surface area contributed by atoms with Crippen LogP contribution in [0, 0.1) is 0 Å². The normalized spacial score (nSPS) is 10.1. The summed E-state index contributed by atoms with van der Waals surface area (Å²) in [5, 5.41) is 0. The van der Waals surface area contributed by atoms with Gasteiger partial charge >= 0.3 is 0 Å². The van der Waals surface area contributed by atoms with E-state index in [0.29, 0.717) is 29.2 Å². The van der Waals surface area contributed by atoms with Gasteiger partial charge in [-0.05, 0) is 25.1 Å². The average Bonchev–Trinajstić information content (AvgIpc) is 2.39. The van der Waals surface area contributed by atoms with E-state index in [9.17, 15) is 4.79 Å². The highest BCUT2D eigenvalue weighted by Crippen LogP contribution is 2.16. The van der Waals surface area contributed by atoms with Gasteiger partial charge in [0.2, 0.25) is 0 Å². The molecule has 2 N–H and O–H groups in total. The van der Waals surface area contributed by atoms with E-state index < -0.39 is 0 Å². The number of anilines is 1. The third kappa shape index (κ3) is 2.66. The molecule has 0 aliphatic rings. The zero-order valence-electron chi connectivity index (χ0n) is 10.1. The van der Waals surface area contributed by atoms with Crippen molar-refractivity contribution in [3.8, 4) is 5.75 Å². The molecule has 0 radical (unpaired) electrons. The molecule has 0 unspecified atom stereocenters. The van der Waals surface area contributed by atoms with Gasteiger partial charge in [0, 0.05) is 23.0 Å². The molecule has 0 amide bonds. The van der Waals surface area contributed by atoms with Gasteiger partial charge in [0.25, 0.3) is 0 Å². The quantitative estimate of drug-likeness (QED) is 0.660. The summed E-state index contributed by atoms with van der Waals surface area (Å²) in [7, 11) is 0. The molecule has 1 heterocycles. The number of nitrogens with zero attached hydrogens (tertiary/aromatic N) is 1. The Morgan fingerprint density at radius 3 is 2.83 bits per heavy atom. The molecule has 4 nitrogen and oxygen atoms in total. The van der Waals surface area contributed by atoms with Crippen molar-refractivity contribution in [2.75, 3.05) is 12.3 Å². The zero-order chi connectivity index (χ0) is 13.0. The van der Waals surface area contributed by atoms with Gasteiger partial charge in [-0.15, -0.1) is 0 Å². The molecule has 0 fully saturated rings. The predicted molar refractivity (Wildman–Crippen MR) is 69.7 cm³/mol. The van der Waals surface area contributed by atoms with Crippen LogP contribution in [-0.4, -0.2) is 17.4 Å². The van der Waals surface area contributed by atoms with Gasteiger partial charge in [-0.1, -0.05) is 12.1 Å². The van der Waals surface area contributed by atoms with E-state index in [0.717, 1.165) is 0 Å². The van der Waals surface area contributed by atoms with Crippen LogP contribution in [0.5, 0.6) is 5.75 Å². The van der Waals surface area contributed by atoms with Crippen molar-refractivity contribution >= 4 is 11.5 Å². The van der Waals surface area contributed by atoms with E-state index in [1.165, 1.54) is 6.20 Å². The van der Waals surface area contributed by atoms with Gasteiger partial charge in [0.15, 0.2) is 5.78 Å². The standard InChI is InChI=1S/C14H14N2O2/c1-2-18-13-7-11(8-16-9-13)14(17)10-4-3-5-12(15)6-10/h3-9H,2,15H2,1H3. The smallest absolute Gasteiger partial charge is 0.194 e. The molecule has 0 aliphatic carbocycles. The maximum atomic E-state index is 12.2. The number of pyridine rings is 1. The lowest BCUT2D eigenvalue weighted by atomic mass is 10.0. The van der Waals surface area contributed by atoms with E-state index in [1.807, 2.05) is 6.92 Å². The molecule has 92 valence electrons. The molecule has 18 heavy (non-hydrogen) atoms. The Balaban J connectivity index is 2.31. The lowest BCUT2D eigenvalue weighted by Gasteiger charge is -2.05. The molecule has 0 aliphatic heterocycles. The number of hydrogen-bond acceptors (Lipinski definition) is 4. The van der Waals surface area contributed by atoms with Crippen LogP contribution in [0.1, 0.15) is 22.8 Å². The first kappa shape index (κ1) is 12.1. The molecule has 0 saturated heterocycles. The molecular formula is C14H14N2O2. The summed E-state index contributed by atoms with van der Waals surface area (Å²) in [4.78, 5) is 16.2. The lowest BCUT2D eigenvalue weighted by Crippen LogP contribution is -2.03. The Bertz CT molecular complexity index is 567. The van der Waals surface area contributed by atoms with Crippen molar-refractivity contribution < 1.29 is 9.53 Å². The molecular weight excluding hydrogens is 228 g/mol. The molecule has 0 atom stereocenters. The van der Waals surface area contributed by atoms with Crippen LogP contribution >= 0.6 is 0 Å². The van der Waals surface area contributed by atoms with E-state index in [2.05, 4.69) is 4.98 Å². The summed E-state index contributed by atoms with van der Waals surface area (Å²) in [5.41, 5.74) is 7.26. The minimum absolute atomic E-state index is 0.114. The number of benzene rings is 1. The minimum Gasteiger partial charge on any atom is -0.492 e. The van der Waals surface area contributed by atoms with Crippen LogP contribution in [0.3, 0.4) is 0 Å². The van der Waals surface area contributed by atoms with Gasteiger partial charge in [0.05, 0.1) is 12.8 Å². The topological polar surface area (TPSA) is 65.2 Å². The van der Waals surface area contributed by atoms with E-state index in [4.69, 9.17) is 10.5 Å². The highest BCUT2D eigenvalue weighted by Gasteiger charge is 2.10. The third-order valence-corrected chi connectivity index (χ3v) is 2.44. The van der Waals surface area contributed by atoms with Crippen molar-refractivity contribution in [1.82, 2.24) is 4.98 Å². The van der Waals surface area contributed by atoms with Crippen molar-refractivity contribution in [2.24, 2.45) is 0 Å². The summed E-state index contributed by atoms with van der Waals surface area (Å²) < 4.78 is 5.32. The first-order valence-electron chi connectivity index (χ1n) is 5.69. The number of carbonyl (C=O) groups excluding carboxylic acids is 1. The largest absolute Gasteiger partial charge is 0.492 e. The van der Waals surface area contributed by atoms with Crippen molar-refractivity contribution in [2.45, 2.75) is 6.92 Å². The van der Waals surface area contributed by atoms with Crippen LogP contribution in [-0.2, 0) is 0 Å². The highest BCUT2D eigenvalue weighted by molar-refractivity contribution is 6.09. The third-order valence-electron chi connectivity index (χ3n) is 2.44. The molecule has 2 aromatic rings. The maximum Gasteiger partial charge on any atom is 0.194 e. The summed E-state index contributed by atoms with van der Waals surface area (Å²) >= 11 is 0. The Labute approximate surface area is 105 Å². The lowest BCUT2D eigenvalue weighted by molar-refractivity contribution is 0.103. The molecule has 1 aromatic carbocycles. The predicted octanol–water partition coefficient (Wildman–Crippen LogP) is 2.29. The summed E-state index contributed by atoms with van der Waals surface area (Å²) in [5.74, 6) is 0.476. The number of carbonyl (C=O) groups is 1. The first-order chi connectivity index (χ1) is 8.70. The molecule has 1 aromatic heterocycles. The van der Waals surface area contributed by atoms with Gasteiger partial charge in [-0.25, -0.2) is 0 Å². The van der Waals surface area contributed by atoms with E-state index >= 15 is 0 Å². The number of ketones is 1. The molecule has 0 bridgehead atoms. The van der Waals surface area contributed by atoms with Gasteiger partial charge in [0.1, 0.15) is 5.75 Å². The van der Waals surface area contributed by atoms with Gasteiger partial charge < -0.3 is 10.5 Å². The SMILES string of the molecule is CCOc1cncc(C(=O)c2cccc(N)c2)c1. The summed E-state index contributed by atoms with van der Waals surface area (Å²) in [6.07, 6.45) is 3.10. The van der Waals surface area contributed by atoms with E-state index in [-0.39, 0.29) is 5.78 Å². The van der Waals surface area contributed by atoms with Crippen LogP contribution in [0.15, 0.2) is 42.7 Å². The van der Waals surface area contributed by atoms with Crippen molar-refractivity contribution in [3.05, 3.63) is 53.9 Å². The fourth-order valence-electron chi connectivity index (χ4n) is 1.64. The number of aromatic nitrogens is 1. The van der Waals surface area contributed by atoms with Crippen LogP contribution in [0.2, 0.25) is 0 Å². The molecule has 2 rings (SSSR count). The van der Waals surface area contributed by atoms with Crippen LogP contribution in [0.4, 0.5) is 5.69 Å². The fourth-order valence-corrected chi connectivity index (χ4v) is 1.64. The van der Waals surface area contributed by atoms with Gasteiger partial charge in [-0.3, -0.25) is 9.78 Å². The van der Waals surface area contributed by atoms with Crippen LogP contribution < -0.4 is 10.5 Å². The van der Waals surface area contributed by atoms with Crippen molar-refractivity contribution in [1.29, 1.82) is 0 Å². The first-order valence-corrected chi connectivity index (χ1v) is 5.69. The maximum absolute atomic E-state index is 12.2. The number of hydrogen-bond donors (Lipinski definition) is 1. The number of nitrogens with two attached hydrogens (primary N) is 1. The van der Waals surface area contributed by atoms with Gasteiger partial charge in [-0.2, -0.15) is 0 Å². The number of ether oxygens (including phenoxy) is 1. The monoisotopic (exact) mass is 242 g/mol. The molecule has 4 heteroatoms. The highest BCUT2D eigenvalue weighted by atomic mass is 16.5. The Hall–Kier alpha value is -2.36. The minimum atomic E-state index is -0.114.